The van der Waals surface area contributed by atoms with E-state index in [1.807, 2.05) is 0 Å². The summed E-state index contributed by atoms with van der Waals surface area (Å²) in [5.41, 5.74) is 0. The van der Waals surface area contributed by atoms with Crippen LogP contribution >= 0.6 is 12.0 Å². The minimum absolute atomic E-state index is 0.0140. The molecule has 0 aromatic carbocycles. The van der Waals surface area contributed by atoms with E-state index in [9.17, 15) is 4.79 Å². The Morgan fingerprint density at radius 2 is 2.31 bits per heavy atom. The van der Waals surface area contributed by atoms with Gasteiger partial charge in [-0.2, -0.15) is 0 Å². The second kappa shape index (κ2) is 8.23. The first-order valence-corrected chi connectivity index (χ1v) is 4.18. The predicted octanol–water partition coefficient (Wildman–Crippen LogP) is 0.0501. The molecule has 0 aromatic heterocycles. The molecule has 1 unspecified atom stereocenters. The topological polar surface area (TPSA) is 97.3 Å². The molecule has 0 saturated carbocycles. The minimum Gasteiger partial charge on any atom is -0.358 e. The van der Waals surface area contributed by atoms with Gasteiger partial charge in [0.15, 0.2) is 0 Å². The van der Waals surface area contributed by atoms with E-state index in [1.165, 1.54) is 7.05 Å². The maximum Gasteiger partial charge on any atom is 0.235 e. The van der Waals surface area contributed by atoms with E-state index in [2.05, 4.69) is 19.6 Å². The number of hydrogen-bond donors (Lipinski definition) is 3. The van der Waals surface area contributed by atoms with E-state index in [4.69, 9.17) is 10.5 Å². The third-order valence-corrected chi connectivity index (χ3v) is 2.02. The normalized spacial score (nSPS) is 12.5. The highest BCUT2D eigenvalue weighted by Crippen LogP contribution is 2.16. The van der Waals surface area contributed by atoms with Crippen molar-refractivity contribution in [1.29, 1.82) is 0 Å². The summed E-state index contributed by atoms with van der Waals surface area (Å²) >= 11 is 0.619. The first kappa shape index (κ1) is 12.6. The standard InChI is InChI=1S/C5H11NO6S/c1-6-5(7)4(2-3-10-8)13-12-11-9/h4,8-9H,2-3H2,1H3,(H,6,7). The number of amides is 1. The van der Waals surface area contributed by atoms with Crippen LogP contribution in [0.15, 0.2) is 0 Å². The maximum atomic E-state index is 11.0. The molecule has 1 amide bonds. The SMILES string of the molecule is CNC(=O)C(CCOO)SOOO. The van der Waals surface area contributed by atoms with Crippen molar-refractivity contribution in [3.8, 4) is 0 Å². The summed E-state index contributed by atoms with van der Waals surface area (Å²) < 4.78 is 4.09. The molecule has 0 aliphatic heterocycles. The second-order valence-corrected chi connectivity index (χ2v) is 2.86. The molecule has 0 fully saturated rings. The molecule has 13 heavy (non-hydrogen) atoms. The third kappa shape index (κ3) is 5.80. The summed E-state index contributed by atoms with van der Waals surface area (Å²) in [7, 11) is 1.45. The number of carbonyl (C=O) groups excluding carboxylic acids is 1. The highest BCUT2D eigenvalue weighted by molar-refractivity contribution is 7.95. The molecule has 0 aliphatic carbocycles. The van der Waals surface area contributed by atoms with Crippen LogP contribution in [-0.2, 0) is 19.1 Å². The van der Waals surface area contributed by atoms with Gasteiger partial charge in [0.25, 0.3) is 0 Å². The summed E-state index contributed by atoms with van der Waals surface area (Å²) in [5, 5.41) is 20.9. The highest BCUT2D eigenvalue weighted by atomic mass is 32.2. The lowest BCUT2D eigenvalue weighted by Crippen LogP contribution is -2.30. The lowest BCUT2D eigenvalue weighted by atomic mass is 10.3. The first-order valence-electron chi connectivity index (χ1n) is 3.37. The number of nitrogens with one attached hydrogen (secondary N) is 1. The molecule has 8 heteroatoms. The molecule has 7 nitrogen and oxygen atoms in total. The van der Waals surface area contributed by atoms with Crippen molar-refractivity contribution in [3.63, 3.8) is 0 Å². The van der Waals surface area contributed by atoms with Crippen LogP contribution in [0.4, 0.5) is 0 Å². The molecule has 0 heterocycles. The van der Waals surface area contributed by atoms with Crippen molar-refractivity contribution in [2.24, 2.45) is 0 Å². The van der Waals surface area contributed by atoms with E-state index in [0.29, 0.717) is 12.0 Å². The zero-order valence-corrected chi connectivity index (χ0v) is 7.74. The number of hydrogen-bond acceptors (Lipinski definition) is 7. The summed E-state index contributed by atoms with van der Waals surface area (Å²) in [5.74, 6) is -0.320. The van der Waals surface area contributed by atoms with Crippen LogP contribution in [0.1, 0.15) is 6.42 Å². The second-order valence-electron chi connectivity index (χ2n) is 1.96. The monoisotopic (exact) mass is 213 g/mol. The van der Waals surface area contributed by atoms with Crippen LogP contribution in [0.2, 0.25) is 0 Å². The van der Waals surface area contributed by atoms with Gasteiger partial charge in [0.05, 0.1) is 6.61 Å². The predicted molar refractivity (Wildman–Crippen MR) is 43.4 cm³/mol. The van der Waals surface area contributed by atoms with Crippen molar-refractivity contribution in [1.82, 2.24) is 5.32 Å². The molecule has 78 valence electrons. The first-order chi connectivity index (χ1) is 6.26. The fourth-order valence-electron chi connectivity index (χ4n) is 0.609. The molecule has 1 atom stereocenters. The van der Waals surface area contributed by atoms with Crippen LogP contribution in [0, 0.1) is 0 Å². The van der Waals surface area contributed by atoms with Gasteiger partial charge in [-0.25, -0.2) is 10.1 Å². The minimum atomic E-state index is -0.621. The van der Waals surface area contributed by atoms with Crippen LogP contribution in [0.25, 0.3) is 0 Å². The van der Waals surface area contributed by atoms with E-state index in [1.54, 1.807) is 0 Å². The molecular weight excluding hydrogens is 202 g/mol. The molecule has 3 N–H and O–H groups in total. The van der Waals surface area contributed by atoms with Gasteiger partial charge in [0, 0.05) is 19.1 Å². The average Bonchev–Trinajstić information content (AvgIpc) is 2.17. The summed E-state index contributed by atoms with van der Waals surface area (Å²) in [6.45, 7) is -0.0140. The van der Waals surface area contributed by atoms with Gasteiger partial charge in [-0.1, -0.05) is 5.04 Å². The molecule has 0 rings (SSSR count). The van der Waals surface area contributed by atoms with Crippen molar-refractivity contribution in [2.75, 3.05) is 13.7 Å². The van der Waals surface area contributed by atoms with E-state index < -0.39 is 5.25 Å². The maximum absolute atomic E-state index is 11.0. The highest BCUT2D eigenvalue weighted by Gasteiger charge is 2.19. The van der Waals surface area contributed by atoms with Gasteiger partial charge >= 0.3 is 0 Å². The van der Waals surface area contributed by atoms with Crippen molar-refractivity contribution in [3.05, 3.63) is 0 Å². The van der Waals surface area contributed by atoms with E-state index >= 15 is 0 Å². The van der Waals surface area contributed by atoms with E-state index in [-0.39, 0.29) is 18.9 Å². The Kier molecular flexibility index (Phi) is 7.99. The fourth-order valence-corrected chi connectivity index (χ4v) is 1.14. The molecule has 0 aliphatic rings. The van der Waals surface area contributed by atoms with Crippen LogP contribution < -0.4 is 5.32 Å². The largest absolute Gasteiger partial charge is 0.358 e. The summed E-state index contributed by atoms with van der Waals surface area (Å²) in [4.78, 5) is 14.8. The molecule has 0 spiro atoms. The number of carbonyl (C=O) groups is 1. The lowest BCUT2D eigenvalue weighted by Gasteiger charge is -2.10. The Morgan fingerprint density at radius 3 is 2.77 bits per heavy atom. The Bertz CT molecular complexity index is 137. The fraction of sp³-hybridized carbons (Fsp3) is 0.800. The van der Waals surface area contributed by atoms with Gasteiger partial charge in [0.2, 0.25) is 5.91 Å². The van der Waals surface area contributed by atoms with Crippen molar-refractivity contribution < 1.29 is 29.6 Å². The van der Waals surface area contributed by atoms with Gasteiger partial charge in [-0.05, 0) is 6.42 Å². The Labute approximate surface area is 79.0 Å². The van der Waals surface area contributed by atoms with Gasteiger partial charge in [0.1, 0.15) is 5.25 Å². The van der Waals surface area contributed by atoms with E-state index in [0.717, 1.165) is 0 Å². The number of rotatable bonds is 7. The van der Waals surface area contributed by atoms with Crippen molar-refractivity contribution >= 4 is 17.9 Å². The molecule has 0 radical (unpaired) electrons. The van der Waals surface area contributed by atoms with Gasteiger partial charge in [-0.15, -0.1) is 4.33 Å². The summed E-state index contributed by atoms with van der Waals surface area (Å²) in [6, 6.07) is 0. The Balaban J connectivity index is 3.79. The lowest BCUT2D eigenvalue weighted by molar-refractivity contribution is -0.432. The van der Waals surface area contributed by atoms with Crippen LogP contribution in [-0.4, -0.2) is 35.3 Å². The zero-order valence-electron chi connectivity index (χ0n) is 6.93. The Morgan fingerprint density at radius 1 is 1.62 bits per heavy atom. The van der Waals surface area contributed by atoms with Crippen molar-refractivity contribution in [2.45, 2.75) is 11.7 Å². The molecule has 0 saturated heterocycles. The molecular formula is C5H11NO6S. The molecule has 0 bridgehead atoms. The molecule has 0 aromatic rings. The summed E-state index contributed by atoms with van der Waals surface area (Å²) in [6.07, 6.45) is 0.226. The van der Waals surface area contributed by atoms with Crippen LogP contribution in [0.3, 0.4) is 0 Å². The average molecular weight is 213 g/mol. The third-order valence-electron chi connectivity index (χ3n) is 1.20. The smallest absolute Gasteiger partial charge is 0.235 e. The quantitative estimate of drug-likeness (QED) is 0.312. The van der Waals surface area contributed by atoms with Gasteiger partial charge in [-0.3, -0.25) is 10.1 Å². The van der Waals surface area contributed by atoms with Gasteiger partial charge < -0.3 is 5.32 Å². The van der Waals surface area contributed by atoms with Crippen LogP contribution in [0.5, 0.6) is 0 Å². The Hall–Kier alpha value is -0.380. The zero-order chi connectivity index (χ0) is 10.1.